The largest absolute Gasteiger partial charge is 0.494 e. The number of rotatable bonds is 9. The number of hydrogen-bond donors (Lipinski definition) is 1. The molecule has 0 saturated heterocycles. The average Bonchev–Trinajstić information content (AvgIpc) is 2.73. The normalized spacial score (nSPS) is 19.2. The van der Waals surface area contributed by atoms with Crippen LogP contribution in [0.15, 0.2) is 48.5 Å². The first-order valence-electron chi connectivity index (χ1n) is 10.4. The fraction of sp³-hybridized carbons (Fsp3) is 0.458. The number of ether oxygens (including phenoxy) is 2. The Labute approximate surface area is 168 Å². The number of carbonyl (C=O) groups excluding carboxylic acids is 1. The van der Waals surface area contributed by atoms with Crippen molar-refractivity contribution in [3.8, 4) is 11.5 Å². The second kappa shape index (κ2) is 10.2. The molecule has 2 N–H and O–H groups in total. The van der Waals surface area contributed by atoms with Crippen LogP contribution in [0, 0.1) is 5.92 Å². The van der Waals surface area contributed by atoms with Gasteiger partial charge in [0.15, 0.2) is 0 Å². The van der Waals surface area contributed by atoms with Crippen LogP contribution >= 0.6 is 0 Å². The summed E-state index contributed by atoms with van der Waals surface area (Å²) in [6, 6.07) is 15.7. The maximum atomic E-state index is 11.2. The molecule has 2 aromatic carbocycles. The molecule has 0 aromatic heterocycles. The fourth-order valence-corrected chi connectivity index (χ4v) is 3.91. The molecule has 0 unspecified atom stereocenters. The van der Waals surface area contributed by atoms with Crippen molar-refractivity contribution in [3.63, 3.8) is 0 Å². The van der Waals surface area contributed by atoms with Crippen molar-refractivity contribution >= 4 is 5.91 Å². The van der Waals surface area contributed by atoms with Crippen LogP contribution in [0.1, 0.15) is 67.3 Å². The van der Waals surface area contributed by atoms with Gasteiger partial charge in [-0.1, -0.05) is 38.3 Å². The van der Waals surface area contributed by atoms with E-state index in [4.69, 9.17) is 15.2 Å². The molecule has 4 nitrogen and oxygen atoms in total. The van der Waals surface area contributed by atoms with Gasteiger partial charge in [0.2, 0.25) is 5.91 Å². The molecule has 4 heteroatoms. The smallest absolute Gasteiger partial charge is 0.248 e. The maximum Gasteiger partial charge on any atom is 0.248 e. The Morgan fingerprint density at radius 1 is 0.964 bits per heavy atom. The summed E-state index contributed by atoms with van der Waals surface area (Å²) < 4.78 is 11.8. The molecule has 1 aliphatic rings. The Morgan fingerprint density at radius 2 is 1.61 bits per heavy atom. The van der Waals surface area contributed by atoms with Crippen LogP contribution in [0.3, 0.4) is 0 Å². The van der Waals surface area contributed by atoms with Gasteiger partial charge in [0.25, 0.3) is 0 Å². The summed E-state index contributed by atoms with van der Waals surface area (Å²) in [7, 11) is 0. The van der Waals surface area contributed by atoms with Crippen LogP contribution < -0.4 is 15.2 Å². The zero-order valence-corrected chi connectivity index (χ0v) is 16.7. The SMILES string of the molecule is CCCCOc1ccc([C@@H]2CCCC[C@H]2COc2ccc(C(N)=O)cc2)cc1. The second-order valence-corrected chi connectivity index (χ2v) is 7.62. The number of carbonyl (C=O) groups is 1. The summed E-state index contributed by atoms with van der Waals surface area (Å²) in [4.78, 5) is 11.2. The van der Waals surface area contributed by atoms with Gasteiger partial charge in [-0.05, 0) is 73.1 Å². The summed E-state index contributed by atoms with van der Waals surface area (Å²) in [5, 5.41) is 0. The predicted octanol–water partition coefficient (Wildman–Crippen LogP) is 5.32. The van der Waals surface area contributed by atoms with E-state index in [1.165, 1.54) is 31.2 Å². The Morgan fingerprint density at radius 3 is 2.29 bits per heavy atom. The van der Waals surface area contributed by atoms with Crippen molar-refractivity contribution in [2.45, 2.75) is 51.4 Å². The molecule has 1 fully saturated rings. The third-order valence-corrected chi connectivity index (χ3v) is 5.59. The van der Waals surface area contributed by atoms with E-state index < -0.39 is 5.91 Å². The van der Waals surface area contributed by atoms with E-state index in [9.17, 15) is 4.79 Å². The minimum atomic E-state index is -0.416. The maximum absolute atomic E-state index is 11.2. The van der Waals surface area contributed by atoms with E-state index in [1.807, 2.05) is 12.1 Å². The molecule has 2 aromatic rings. The number of unbranched alkanes of at least 4 members (excludes halogenated alkanes) is 1. The highest BCUT2D eigenvalue weighted by Gasteiger charge is 2.27. The molecular formula is C24H31NO3. The van der Waals surface area contributed by atoms with Crippen LogP contribution in [0.4, 0.5) is 0 Å². The summed E-state index contributed by atoms with van der Waals surface area (Å²) in [6.07, 6.45) is 7.13. The molecule has 1 amide bonds. The van der Waals surface area contributed by atoms with E-state index in [0.29, 0.717) is 24.0 Å². The zero-order chi connectivity index (χ0) is 19.8. The quantitative estimate of drug-likeness (QED) is 0.598. The van der Waals surface area contributed by atoms with Gasteiger partial charge in [0, 0.05) is 5.56 Å². The van der Waals surface area contributed by atoms with E-state index in [2.05, 4.69) is 31.2 Å². The monoisotopic (exact) mass is 381 g/mol. The number of hydrogen-bond acceptors (Lipinski definition) is 3. The minimum Gasteiger partial charge on any atom is -0.494 e. The van der Waals surface area contributed by atoms with Crippen molar-refractivity contribution in [2.75, 3.05) is 13.2 Å². The molecule has 1 saturated carbocycles. The lowest BCUT2D eigenvalue weighted by Gasteiger charge is -2.32. The van der Waals surface area contributed by atoms with Crippen LogP contribution in [-0.4, -0.2) is 19.1 Å². The minimum absolute atomic E-state index is 0.416. The fourth-order valence-electron chi connectivity index (χ4n) is 3.91. The number of amides is 1. The van der Waals surface area contributed by atoms with Gasteiger partial charge in [-0.15, -0.1) is 0 Å². The second-order valence-electron chi connectivity index (χ2n) is 7.62. The Kier molecular flexibility index (Phi) is 7.35. The molecule has 2 atom stereocenters. The zero-order valence-electron chi connectivity index (χ0n) is 16.7. The topological polar surface area (TPSA) is 61.6 Å². The highest BCUT2D eigenvalue weighted by Crippen LogP contribution is 2.38. The van der Waals surface area contributed by atoms with Gasteiger partial charge in [0.05, 0.1) is 13.2 Å². The van der Waals surface area contributed by atoms with Crippen LogP contribution in [-0.2, 0) is 0 Å². The van der Waals surface area contributed by atoms with E-state index in [0.717, 1.165) is 30.9 Å². The Balaban J connectivity index is 1.59. The molecule has 1 aliphatic carbocycles. The lowest BCUT2D eigenvalue weighted by molar-refractivity contribution is 0.1000. The third kappa shape index (κ3) is 5.51. The van der Waals surface area contributed by atoms with Crippen LogP contribution in [0.5, 0.6) is 11.5 Å². The van der Waals surface area contributed by atoms with Gasteiger partial charge in [-0.3, -0.25) is 4.79 Å². The van der Waals surface area contributed by atoms with Gasteiger partial charge >= 0.3 is 0 Å². The highest BCUT2D eigenvalue weighted by atomic mass is 16.5. The number of benzene rings is 2. The Bertz CT molecular complexity index is 739. The van der Waals surface area contributed by atoms with Crippen LogP contribution in [0.2, 0.25) is 0 Å². The van der Waals surface area contributed by atoms with Gasteiger partial charge in [0.1, 0.15) is 11.5 Å². The van der Waals surface area contributed by atoms with E-state index in [1.54, 1.807) is 12.1 Å². The number of primary amides is 1. The molecule has 0 spiro atoms. The lowest BCUT2D eigenvalue weighted by atomic mass is 9.76. The summed E-state index contributed by atoms with van der Waals surface area (Å²) in [5.74, 6) is 2.34. The highest BCUT2D eigenvalue weighted by molar-refractivity contribution is 5.92. The average molecular weight is 382 g/mol. The molecule has 0 bridgehead atoms. The van der Waals surface area contributed by atoms with E-state index in [-0.39, 0.29) is 0 Å². The first-order chi connectivity index (χ1) is 13.7. The Hall–Kier alpha value is -2.49. The van der Waals surface area contributed by atoms with Crippen molar-refractivity contribution < 1.29 is 14.3 Å². The van der Waals surface area contributed by atoms with Crippen LogP contribution in [0.25, 0.3) is 0 Å². The van der Waals surface area contributed by atoms with E-state index >= 15 is 0 Å². The molecule has 0 heterocycles. The lowest BCUT2D eigenvalue weighted by Crippen LogP contribution is -2.24. The van der Waals surface area contributed by atoms with Gasteiger partial charge < -0.3 is 15.2 Å². The molecule has 3 rings (SSSR count). The summed E-state index contributed by atoms with van der Waals surface area (Å²) in [6.45, 7) is 3.64. The molecule has 0 aliphatic heterocycles. The van der Waals surface area contributed by atoms with Crippen molar-refractivity contribution in [1.29, 1.82) is 0 Å². The summed E-state index contributed by atoms with van der Waals surface area (Å²) in [5.41, 5.74) is 7.17. The van der Waals surface area contributed by atoms with Gasteiger partial charge in [-0.2, -0.15) is 0 Å². The molecule has 150 valence electrons. The third-order valence-electron chi connectivity index (χ3n) is 5.59. The van der Waals surface area contributed by atoms with Crippen molar-refractivity contribution in [1.82, 2.24) is 0 Å². The first-order valence-corrected chi connectivity index (χ1v) is 10.4. The molecule has 0 radical (unpaired) electrons. The molecule has 28 heavy (non-hydrogen) atoms. The predicted molar refractivity (Wildman–Crippen MR) is 112 cm³/mol. The van der Waals surface area contributed by atoms with Gasteiger partial charge in [-0.25, -0.2) is 0 Å². The molecular weight excluding hydrogens is 350 g/mol. The number of nitrogens with two attached hydrogens (primary N) is 1. The first kappa shape index (κ1) is 20.2. The van der Waals surface area contributed by atoms with Crippen molar-refractivity contribution in [3.05, 3.63) is 59.7 Å². The standard InChI is InChI=1S/C24H31NO3/c1-2-3-16-27-21-12-8-18(9-13-21)23-7-5-4-6-20(23)17-28-22-14-10-19(11-15-22)24(25)26/h8-15,20,23H,2-7,16-17H2,1H3,(H2,25,26)/t20-,23-/m0/s1. The summed E-state index contributed by atoms with van der Waals surface area (Å²) >= 11 is 0. The van der Waals surface area contributed by atoms with Crippen molar-refractivity contribution in [2.24, 2.45) is 11.7 Å².